The predicted octanol–water partition coefficient (Wildman–Crippen LogP) is 3.84. The van der Waals surface area contributed by atoms with Crippen LogP contribution in [0.5, 0.6) is 0 Å². The summed E-state index contributed by atoms with van der Waals surface area (Å²) in [7, 11) is 0. The highest BCUT2D eigenvalue weighted by molar-refractivity contribution is 5.97. The minimum absolute atomic E-state index is 0.162. The summed E-state index contributed by atoms with van der Waals surface area (Å²) in [5.41, 5.74) is 1.59. The summed E-state index contributed by atoms with van der Waals surface area (Å²) in [5.74, 6) is -0.472. The van der Waals surface area contributed by atoms with E-state index < -0.39 is 6.04 Å². The first-order chi connectivity index (χ1) is 12.6. The molecule has 3 aromatic carbocycles. The van der Waals surface area contributed by atoms with E-state index in [0.29, 0.717) is 5.56 Å². The molecule has 0 aliphatic carbocycles. The minimum atomic E-state index is -0.625. The number of benzene rings is 3. The van der Waals surface area contributed by atoms with Crippen LogP contribution in [0.25, 0.3) is 10.8 Å². The molecule has 4 heteroatoms. The Morgan fingerprint density at radius 3 is 2.19 bits per heavy atom. The van der Waals surface area contributed by atoms with Crippen LogP contribution >= 0.6 is 0 Å². The van der Waals surface area contributed by atoms with Gasteiger partial charge in [0.25, 0.3) is 5.91 Å². The van der Waals surface area contributed by atoms with E-state index in [1.54, 1.807) is 31.2 Å². The molecule has 0 aromatic heterocycles. The van der Waals surface area contributed by atoms with Crippen LogP contribution in [0.2, 0.25) is 0 Å². The molecule has 0 saturated heterocycles. The van der Waals surface area contributed by atoms with Crippen molar-refractivity contribution in [2.45, 2.75) is 25.9 Å². The Labute approximate surface area is 153 Å². The molecule has 0 radical (unpaired) electrons. The average Bonchev–Trinajstić information content (AvgIpc) is 2.68. The fourth-order valence-electron chi connectivity index (χ4n) is 2.98. The molecule has 0 saturated carbocycles. The molecular weight excluding hydrogens is 324 g/mol. The molecule has 2 atom stereocenters. The molecule has 0 spiro atoms. The number of fused-ring (bicyclic) bond motifs is 1. The molecule has 132 valence electrons. The van der Waals surface area contributed by atoms with Crippen LogP contribution < -0.4 is 10.6 Å². The van der Waals surface area contributed by atoms with Crippen molar-refractivity contribution in [3.8, 4) is 0 Å². The summed E-state index contributed by atoms with van der Waals surface area (Å²) < 4.78 is 0. The summed E-state index contributed by atoms with van der Waals surface area (Å²) in [6, 6.07) is 22.2. The van der Waals surface area contributed by atoms with Gasteiger partial charge in [-0.2, -0.15) is 0 Å². The Hall–Kier alpha value is -3.14. The third-order valence-electron chi connectivity index (χ3n) is 4.43. The highest BCUT2D eigenvalue weighted by Gasteiger charge is 2.19. The highest BCUT2D eigenvalue weighted by Crippen LogP contribution is 2.24. The molecule has 26 heavy (non-hydrogen) atoms. The lowest BCUT2D eigenvalue weighted by molar-refractivity contribution is -0.123. The Bertz CT molecular complexity index is 916. The molecule has 2 N–H and O–H groups in total. The lowest BCUT2D eigenvalue weighted by Gasteiger charge is -2.20. The number of rotatable bonds is 5. The maximum atomic E-state index is 12.5. The van der Waals surface area contributed by atoms with Crippen molar-refractivity contribution in [3.05, 3.63) is 83.9 Å². The predicted molar refractivity (Wildman–Crippen MR) is 104 cm³/mol. The fourth-order valence-corrected chi connectivity index (χ4v) is 2.98. The zero-order valence-corrected chi connectivity index (χ0v) is 14.9. The fraction of sp³-hybridized carbons (Fsp3) is 0.182. The first kappa shape index (κ1) is 17.7. The average molecular weight is 346 g/mol. The SMILES string of the molecule is CC(NC(=O)c1ccccc1)C(=O)NC(C)c1cccc2ccccc12. The second-order valence-corrected chi connectivity index (χ2v) is 6.36. The van der Waals surface area contributed by atoms with Crippen LogP contribution in [0.3, 0.4) is 0 Å². The van der Waals surface area contributed by atoms with Gasteiger partial charge < -0.3 is 10.6 Å². The number of hydrogen-bond acceptors (Lipinski definition) is 2. The summed E-state index contributed by atoms with van der Waals surface area (Å²) in [6.45, 7) is 3.64. The Balaban J connectivity index is 1.67. The molecule has 4 nitrogen and oxygen atoms in total. The lowest BCUT2D eigenvalue weighted by atomic mass is 9.99. The summed E-state index contributed by atoms with van der Waals surface area (Å²) in [6.07, 6.45) is 0. The molecule has 0 heterocycles. The Morgan fingerprint density at radius 2 is 1.42 bits per heavy atom. The number of nitrogens with one attached hydrogen (secondary N) is 2. The quantitative estimate of drug-likeness (QED) is 0.737. The molecule has 3 aromatic rings. The van der Waals surface area contributed by atoms with E-state index in [4.69, 9.17) is 0 Å². The molecular formula is C22H22N2O2. The molecule has 3 rings (SSSR count). The normalized spacial score (nSPS) is 13.0. The van der Waals surface area contributed by atoms with Gasteiger partial charge in [0.15, 0.2) is 0 Å². The van der Waals surface area contributed by atoms with E-state index in [-0.39, 0.29) is 17.9 Å². The van der Waals surface area contributed by atoms with Crippen molar-refractivity contribution in [1.82, 2.24) is 10.6 Å². The van der Waals surface area contributed by atoms with E-state index in [1.807, 2.05) is 43.3 Å². The first-order valence-electron chi connectivity index (χ1n) is 8.70. The van der Waals surface area contributed by atoms with Gasteiger partial charge in [-0.05, 0) is 42.3 Å². The third-order valence-corrected chi connectivity index (χ3v) is 4.43. The van der Waals surface area contributed by atoms with Crippen LogP contribution in [-0.2, 0) is 4.79 Å². The minimum Gasteiger partial charge on any atom is -0.348 e. The smallest absolute Gasteiger partial charge is 0.251 e. The first-order valence-corrected chi connectivity index (χ1v) is 8.70. The lowest BCUT2D eigenvalue weighted by Crippen LogP contribution is -2.45. The molecule has 0 bridgehead atoms. The second kappa shape index (κ2) is 7.83. The summed E-state index contributed by atoms with van der Waals surface area (Å²) in [4.78, 5) is 24.7. The number of carbonyl (C=O) groups excluding carboxylic acids is 2. The van der Waals surface area contributed by atoms with Gasteiger partial charge in [-0.1, -0.05) is 60.7 Å². The van der Waals surface area contributed by atoms with Gasteiger partial charge >= 0.3 is 0 Å². The summed E-state index contributed by atoms with van der Waals surface area (Å²) >= 11 is 0. The maximum absolute atomic E-state index is 12.5. The van der Waals surface area contributed by atoms with Crippen molar-refractivity contribution in [2.24, 2.45) is 0 Å². The van der Waals surface area contributed by atoms with Gasteiger partial charge in [0.1, 0.15) is 6.04 Å². The van der Waals surface area contributed by atoms with E-state index in [0.717, 1.165) is 16.3 Å². The zero-order chi connectivity index (χ0) is 18.5. The summed E-state index contributed by atoms with van der Waals surface area (Å²) in [5, 5.41) is 7.98. The Morgan fingerprint density at radius 1 is 0.769 bits per heavy atom. The van der Waals surface area contributed by atoms with E-state index in [2.05, 4.69) is 22.8 Å². The maximum Gasteiger partial charge on any atom is 0.251 e. The second-order valence-electron chi connectivity index (χ2n) is 6.36. The van der Waals surface area contributed by atoms with Crippen molar-refractivity contribution in [2.75, 3.05) is 0 Å². The van der Waals surface area contributed by atoms with Crippen LogP contribution in [0.1, 0.15) is 35.8 Å². The molecule has 0 aliphatic rings. The van der Waals surface area contributed by atoms with E-state index in [9.17, 15) is 9.59 Å². The van der Waals surface area contributed by atoms with E-state index in [1.165, 1.54) is 0 Å². The third kappa shape index (κ3) is 3.91. The molecule has 0 aliphatic heterocycles. The van der Waals surface area contributed by atoms with Crippen LogP contribution in [-0.4, -0.2) is 17.9 Å². The Kier molecular flexibility index (Phi) is 5.32. The zero-order valence-electron chi connectivity index (χ0n) is 14.9. The number of amides is 2. The molecule has 2 amide bonds. The van der Waals surface area contributed by atoms with Gasteiger partial charge in [0, 0.05) is 5.56 Å². The number of hydrogen-bond donors (Lipinski definition) is 2. The standard InChI is InChI=1S/C22H22N2O2/c1-15(19-14-8-12-17-9-6-7-13-20(17)19)23-21(25)16(2)24-22(26)18-10-4-3-5-11-18/h3-16H,1-2H3,(H,23,25)(H,24,26). The molecule has 2 unspecified atom stereocenters. The topological polar surface area (TPSA) is 58.2 Å². The van der Waals surface area contributed by atoms with Crippen LogP contribution in [0, 0.1) is 0 Å². The van der Waals surface area contributed by atoms with Crippen molar-refractivity contribution in [3.63, 3.8) is 0 Å². The highest BCUT2D eigenvalue weighted by atomic mass is 16.2. The van der Waals surface area contributed by atoms with Gasteiger partial charge in [-0.25, -0.2) is 0 Å². The van der Waals surface area contributed by atoms with Crippen molar-refractivity contribution >= 4 is 22.6 Å². The number of carbonyl (C=O) groups is 2. The van der Waals surface area contributed by atoms with Crippen molar-refractivity contribution < 1.29 is 9.59 Å². The van der Waals surface area contributed by atoms with Crippen LogP contribution in [0.15, 0.2) is 72.8 Å². The monoisotopic (exact) mass is 346 g/mol. The van der Waals surface area contributed by atoms with Gasteiger partial charge in [-0.3, -0.25) is 9.59 Å². The molecule has 0 fully saturated rings. The van der Waals surface area contributed by atoms with Crippen molar-refractivity contribution in [1.29, 1.82) is 0 Å². The largest absolute Gasteiger partial charge is 0.348 e. The van der Waals surface area contributed by atoms with Gasteiger partial charge in [0.05, 0.1) is 6.04 Å². The van der Waals surface area contributed by atoms with Gasteiger partial charge in [-0.15, -0.1) is 0 Å². The van der Waals surface area contributed by atoms with Crippen LogP contribution in [0.4, 0.5) is 0 Å². The van der Waals surface area contributed by atoms with Gasteiger partial charge in [0.2, 0.25) is 5.91 Å². The van der Waals surface area contributed by atoms with E-state index >= 15 is 0 Å².